The summed E-state index contributed by atoms with van der Waals surface area (Å²) >= 11 is 0. The molecule has 2 rings (SSSR count). The van der Waals surface area contributed by atoms with E-state index in [-0.39, 0.29) is 0 Å². The molecule has 0 saturated carbocycles. The van der Waals surface area contributed by atoms with Gasteiger partial charge < -0.3 is 4.74 Å². The van der Waals surface area contributed by atoms with Crippen molar-refractivity contribution >= 4 is 0 Å². The van der Waals surface area contributed by atoms with Crippen LogP contribution in [0.4, 0.5) is 0 Å². The topological polar surface area (TPSA) is 22.1 Å². The molecule has 1 aromatic carbocycles. The van der Waals surface area contributed by atoms with E-state index >= 15 is 0 Å². The minimum atomic E-state index is 0.814. The van der Waals surface area contributed by atoms with Crippen molar-refractivity contribution in [2.24, 2.45) is 0 Å². The Balaban J connectivity index is 1.71. The molecule has 1 aromatic heterocycles. The number of aromatic nitrogens is 1. The van der Waals surface area contributed by atoms with Gasteiger partial charge in [0, 0.05) is 11.8 Å². The first kappa shape index (κ1) is 22.5. The van der Waals surface area contributed by atoms with Gasteiger partial charge >= 0.3 is 0 Å². The second-order valence-corrected chi connectivity index (χ2v) is 7.86. The molecule has 0 bridgehead atoms. The van der Waals surface area contributed by atoms with E-state index in [1.807, 2.05) is 6.20 Å². The number of aryl methyl sites for hydroxylation is 1. The fourth-order valence-corrected chi connectivity index (χ4v) is 3.47. The molecule has 0 aliphatic heterocycles. The number of rotatable bonds is 15. The average molecular weight is 382 g/mol. The number of hydrogen-bond acceptors (Lipinski definition) is 2. The van der Waals surface area contributed by atoms with E-state index in [1.165, 1.54) is 69.8 Å². The molecule has 1 heterocycles. The van der Waals surface area contributed by atoms with Crippen molar-refractivity contribution in [2.45, 2.75) is 90.9 Å². The van der Waals surface area contributed by atoms with Crippen LogP contribution in [0.5, 0.6) is 5.75 Å². The molecule has 0 saturated heterocycles. The molecule has 0 N–H and O–H groups in total. The molecule has 2 heteroatoms. The first-order chi connectivity index (χ1) is 13.8. The third-order valence-electron chi connectivity index (χ3n) is 5.31. The zero-order valence-corrected chi connectivity index (χ0v) is 18.1. The molecular weight excluding hydrogens is 342 g/mol. The highest BCUT2D eigenvalue weighted by atomic mass is 16.5. The van der Waals surface area contributed by atoms with E-state index in [0.717, 1.165) is 36.5 Å². The summed E-state index contributed by atoms with van der Waals surface area (Å²) in [5.41, 5.74) is 3.54. The van der Waals surface area contributed by atoms with Gasteiger partial charge in [-0.1, -0.05) is 77.7 Å². The van der Waals surface area contributed by atoms with Gasteiger partial charge in [0.15, 0.2) is 0 Å². The lowest BCUT2D eigenvalue weighted by molar-refractivity contribution is 0.304. The molecule has 0 radical (unpaired) electrons. The SMILES string of the molecule is CCCCCCCCc1ccc(-c2ccc(OCCCCCCC)cc2)nc1. The maximum atomic E-state index is 5.86. The van der Waals surface area contributed by atoms with Crippen LogP contribution in [0.1, 0.15) is 90.0 Å². The highest BCUT2D eigenvalue weighted by Gasteiger charge is 2.02. The molecule has 2 nitrogen and oxygen atoms in total. The first-order valence-corrected chi connectivity index (χ1v) is 11.5. The molecule has 154 valence electrons. The van der Waals surface area contributed by atoms with Crippen LogP contribution in [0, 0.1) is 0 Å². The van der Waals surface area contributed by atoms with Gasteiger partial charge in [0.05, 0.1) is 12.3 Å². The second-order valence-electron chi connectivity index (χ2n) is 7.86. The largest absolute Gasteiger partial charge is 0.494 e. The molecule has 0 unspecified atom stereocenters. The monoisotopic (exact) mass is 381 g/mol. The Morgan fingerprint density at radius 1 is 0.679 bits per heavy atom. The predicted octanol–water partition coefficient (Wildman–Crippen LogP) is 8.00. The lowest BCUT2D eigenvalue weighted by Gasteiger charge is -2.08. The quantitative estimate of drug-likeness (QED) is 0.291. The smallest absolute Gasteiger partial charge is 0.119 e. The number of pyridine rings is 1. The van der Waals surface area contributed by atoms with Gasteiger partial charge in [0.2, 0.25) is 0 Å². The van der Waals surface area contributed by atoms with Crippen LogP contribution in [0.25, 0.3) is 11.3 Å². The maximum absolute atomic E-state index is 5.86. The normalized spacial score (nSPS) is 10.9. The molecule has 0 aliphatic rings. The van der Waals surface area contributed by atoms with Crippen LogP contribution in [-0.4, -0.2) is 11.6 Å². The van der Waals surface area contributed by atoms with Crippen molar-refractivity contribution in [3.63, 3.8) is 0 Å². The predicted molar refractivity (Wildman–Crippen MR) is 121 cm³/mol. The first-order valence-electron chi connectivity index (χ1n) is 11.5. The van der Waals surface area contributed by atoms with Crippen molar-refractivity contribution in [1.29, 1.82) is 0 Å². The second kappa shape index (κ2) is 14.2. The Kier molecular flexibility index (Phi) is 11.4. The van der Waals surface area contributed by atoms with Crippen LogP contribution < -0.4 is 4.74 Å². The molecule has 0 spiro atoms. The third-order valence-corrected chi connectivity index (χ3v) is 5.31. The summed E-state index contributed by atoms with van der Waals surface area (Å²) in [5.74, 6) is 0.957. The summed E-state index contributed by atoms with van der Waals surface area (Å²) < 4.78 is 5.86. The summed E-state index contributed by atoms with van der Waals surface area (Å²) in [7, 11) is 0. The van der Waals surface area contributed by atoms with E-state index in [9.17, 15) is 0 Å². The maximum Gasteiger partial charge on any atom is 0.119 e. The average Bonchev–Trinajstić information content (AvgIpc) is 2.74. The van der Waals surface area contributed by atoms with E-state index in [2.05, 4.69) is 55.2 Å². The number of unbranched alkanes of at least 4 members (excludes halogenated alkanes) is 9. The minimum absolute atomic E-state index is 0.814. The van der Waals surface area contributed by atoms with Gasteiger partial charge in [-0.15, -0.1) is 0 Å². The van der Waals surface area contributed by atoms with Gasteiger partial charge in [-0.3, -0.25) is 4.98 Å². The lowest BCUT2D eigenvalue weighted by atomic mass is 10.1. The van der Waals surface area contributed by atoms with Crippen LogP contribution in [0.3, 0.4) is 0 Å². The van der Waals surface area contributed by atoms with Gasteiger partial charge in [-0.05, 0) is 55.2 Å². The fraction of sp³-hybridized carbons (Fsp3) is 0.577. The summed E-state index contributed by atoms with van der Waals surface area (Å²) in [6, 6.07) is 12.7. The third kappa shape index (κ3) is 8.91. The van der Waals surface area contributed by atoms with E-state index in [4.69, 9.17) is 4.74 Å². The highest BCUT2D eigenvalue weighted by Crippen LogP contribution is 2.21. The molecule has 0 atom stereocenters. The summed E-state index contributed by atoms with van der Waals surface area (Å²) in [6.45, 7) is 5.33. The van der Waals surface area contributed by atoms with E-state index in [0.29, 0.717) is 0 Å². The number of hydrogen-bond donors (Lipinski definition) is 0. The highest BCUT2D eigenvalue weighted by molar-refractivity contribution is 5.60. The summed E-state index contributed by atoms with van der Waals surface area (Å²) in [6.07, 6.45) is 17.6. The Bertz CT molecular complexity index is 560. The Hall–Kier alpha value is -1.83. The molecule has 0 aliphatic carbocycles. The van der Waals surface area contributed by atoms with Crippen molar-refractivity contribution in [2.75, 3.05) is 6.61 Å². The lowest BCUT2D eigenvalue weighted by Crippen LogP contribution is -1.97. The van der Waals surface area contributed by atoms with E-state index in [1.54, 1.807) is 0 Å². The Labute approximate surface area is 172 Å². The number of nitrogens with zero attached hydrogens (tertiary/aromatic N) is 1. The molecule has 0 amide bonds. The van der Waals surface area contributed by atoms with Crippen LogP contribution in [0.2, 0.25) is 0 Å². The standard InChI is InChI=1S/C26H39NO/c1-3-5-7-9-10-12-14-23-15-20-26(27-22-23)24-16-18-25(19-17-24)28-21-13-11-8-6-4-2/h15-20,22H,3-14,21H2,1-2H3. The van der Waals surface area contributed by atoms with Gasteiger partial charge in [0.25, 0.3) is 0 Å². The Morgan fingerprint density at radius 3 is 1.96 bits per heavy atom. The van der Waals surface area contributed by atoms with Gasteiger partial charge in [0.1, 0.15) is 5.75 Å². The Morgan fingerprint density at radius 2 is 1.32 bits per heavy atom. The fourth-order valence-electron chi connectivity index (χ4n) is 3.47. The zero-order chi connectivity index (χ0) is 19.9. The van der Waals surface area contributed by atoms with Gasteiger partial charge in [-0.2, -0.15) is 0 Å². The van der Waals surface area contributed by atoms with Crippen molar-refractivity contribution in [3.05, 3.63) is 48.2 Å². The van der Waals surface area contributed by atoms with Crippen LogP contribution in [-0.2, 0) is 6.42 Å². The minimum Gasteiger partial charge on any atom is -0.494 e. The molecule has 28 heavy (non-hydrogen) atoms. The van der Waals surface area contributed by atoms with Crippen molar-refractivity contribution in [1.82, 2.24) is 4.98 Å². The van der Waals surface area contributed by atoms with E-state index < -0.39 is 0 Å². The molecule has 0 fully saturated rings. The summed E-state index contributed by atoms with van der Waals surface area (Å²) in [4.78, 5) is 4.67. The molecular formula is C26H39NO. The molecule has 2 aromatic rings. The van der Waals surface area contributed by atoms with Gasteiger partial charge in [-0.25, -0.2) is 0 Å². The number of benzene rings is 1. The number of ether oxygens (including phenoxy) is 1. The van der Waals surface area contributed by atoms with Crippen LogP contribution in [0.15, 0.2) is 42.6 Å². The van der Waals surface area contributed by atoms with Crippen molar-refractivity contribution in [3.8, 4) is 17.0 Å². The summed E-state index contributed by atoms with van der Waals surface area (Å²) in [5, 5.41) is 0. The van der Waals surface area contributed by atoms with Crippen molar-refractivity contribution < 1.29 is 4.74 Å². The van der Waals surface area contributed by atoms with Crippen LogP contribution >= 0.6 is 0 Å². The zero-order valence-electron chi connectivity index (χ0n) is 18.1.